The molecule has 0 atom stereocenters. The summed E-state index contributed by atoms with van der Waals surface area (Å²) in [5, 5.41) is 9.15. The lowest BCUT2D eigenvalue weighted by atomic mass is 10.1. The highest BCUT2D eigenvalue weighted by Crippen LogP contribution is 2.41. The highest BCUT2D eigenvalue weighted by molar-refractivity contribution is 5.78. The Kier molecular flexibility index (Phi) is 4.90. The van der Waals surface area contributed by atoms with Crippen molar-refractivity contribution in [3.05, 3.63) is 18.2 Å². The fraction of sp³-hybridized carbons (Fsp3) is 0.667. The molecule has 1 aromatic rings. The molecule has 0 radical (unpaired) electrons. The van der Waals surface area contributed by atoms with Crippen molar-refractivity contribution in [3.8, 4) is 5.75 Å². The van der Waals surface area contributed by atoms with E-state index < -0.39 is 0 Å². The first kappa shape index (κ1) is 16.9. The third-order valence-electron chi connectivity index (χ3n) is 4.23. The molecule has 1 heterocycles. The summed E-state index contributed by atoms with van der Waals surface area (Å²) >= 11 is 0. The first-order valence-corrected chi connectivity index (χ1v) is 8.22. The fourth-order valence-electron chi connectivity index (χ4n) is 2.88. The van der Waals surface area contributed by atoms with Crippen LogP contribution in [-0.2, 0) is 0 Å². The van der Waals surface area contributed by atoms with Gasteiger partial charge in [-0.1, -0.05) is 0 Å². The second kappa shape index (κ2) is 6.37. The van der Waals surface area contributed by atoms with Gasteiger partial charge in [-0.3, -0.25) is 0 Å². The predicted octanol–water partition coefficient (Wildman–Crippen LogP) is 3.63. The number of benzene rings is 1. The maximum absolute atomic E-state index is 9.15. The third kappa shape index (κ3) is 3.49. The number of rotatable bonds is 6. The van der Waals surface area contributed by atoms with Crippen LogP contribution in [0.15, 0.2) is 18.2 Å². The van der Waals surface area contributed by atoms with Gasteiger partial charge in [0, 0.05) is 31.2 Å². The summed E-state index contributed by atoms with van der Waals surface area (Å²) in [6.07, 6.45) is 0.621. The van der Waals surface area contributed by atoms with Crippen molar-refractivity contribution in [2.75, 3.05) is 23.1 Å². The van der Waals surface area contributed by atoms with Gasteiger partial charge in [-0.15, -0.1) is 0 Å². The van der Waals surface area contributed by atoms with E-state index in [1.807, 2.05) is 19.9 Å². The van der Waals surface area contributed by atoms with E-state index in [0.29, 0.717) is 18.5 Å². The molecule has 4 nitrogen and oxygen atoms in total. The molecule has 1 aromatic carbocycles. The lowest BCUT2D eigenvalue weighted by Crippen LogP contribution is -2.38. The lowest BCUT2D eigenvalue weighted by molar-refractivity contribution is 0.0766. The van der Waals surface area contributed by atoms with E-state index in [-0.39, 0.29) is 12.2 Å². The van der Waals surface area contributed by atoms with E-state index in [2.05, 4.69) is 49.6 Å². The van der Waals surface area contributed by atoms with Crippen molar-refractivity contribution in [3.63, 3.8) is 0 Å². The summed E-state index contributed by atoms with van der Waals surface area (Å²) in [6, 6.07) is 7.25. The van der Waals surface area contributed by atoms with Crippen LogP contribution in [-0.4, -0.2) is 36.1 Å². The Morgan fingerprint density at radius 2 is 1.68 bits per heavy atom. The molecule has 1 N–H and O–H groups in total. The number of anilines is 2. The molecule has 1 aliphatic heterocycles. The largest absolute Gasteiger partial charge is 0.488 e. The van der Waals surface area contributed by atoms with Crippen molar-refractivity contribution in [1.82, 2.24) is 0 Å². The van der Waals surface area contributed by atoms with Gasteiger partial charge in [0.15, 0.2) is 0 Å². The molecule has 0 aromatic heterocycles. The number of hydrogen-bond acceptors (Lipinski definition) is 4. The van der Waals surface area contributed by atoms with Gasteiger partial charge in [-0.25, -0.2) is 0 Å². The van der Waals surface area contributed by atoms with Crippen LogP contribution in [0.4, 0.5) is 11.4 Å². The normalized spacial score (nSPS) is 15.0. The number of aliphatic hydroxyl groups excluding tert-OH is 1. The molecule has 124 valence electrons. The molecule has 2 rings (SSSR count). The van der Waals surface area contributed by atoms with Gasteiger partial charge in [0.25, 0.3) is 0 Å². The first-order chi connectivity index (χ1) is 10.2. The van der Waals surface area contributed by atoms with E-state index in [9.17, 15) is 0 Å². The Morgan fingerprint density at radius 3 is 2.23 bits per heavy atom. The molecule has 0 saturated heterocycles. The van der Waals surface area contributed by atoms with Crippen LogP contribution >= 0.6 is 0 Å². The van der Waals surface area contributed by atoms with Crippen LogP contribution in [0.1, 0.15) is 48.0 Å². The molecule has 4 heteroatoms. The zero-order chi connectivity index (χ0) is 16.5. The number of nitrogens with zero attached hydrogens (tertiary/aromatic N) is 2. The Bertz CT molecular complexity index is 512. The second-order valence-electron chi connectivity index (χ2n) is 7.25. The smallest absolute Gasteiger partial charge is 0.122 e. The van der Waals surface area contributed by atoms with E-state index >= 15 is 0 Å². The highest BCUT2D eigenvalue weighted by atomic mass is 16.5. The Labute approximate surface area is 134 Å². The summed E-state index contributed by atoms with van der Waals surface area (Å²) in [6.45, 7) is 14.0. The van der Waals surface area contributed by atoms with Crippen molar-refractivity contribution >= 4 is 11.4 Å². The third-order valence-corrected chi connectivity index (χ3v) is 4.23. The molecule has 22 heavy (non-hydrogen) atoms. The topological polar surface area (TPSA) is 35.9 Å². The van der Waals surface area contributed by atoms with Gasteiger partial charge >= 0.3 is 0 Å². The SMILES string of the molecule is CC(C)N1CN(C(C)C)c2cc(OC(C)(C)CCO)ccc21. The van der Waals surface area contributed by atoms with Crippen LogP contribution < -0.4 is 14.5 Å². The average Bonchev–Trinajstić information content (AvgIpc) is 2.76. The highest BCUT2D eigenvalue weighted by Gasteiger charge is 2.30. The summed E-state index contributed by atoms with van der Waals surface area (Å²) in [5.74, 6) is 0.869. The monoisotopic (exact) mass is 306 g/mol. The van der Waals surface area contributed by atoms with E-state index in [1.54, 1.807) is 0 Å². The van der Waals surface area contributed by atoms with E-state index in [4.69, 9.17) is 9.84 Å². The van der Waals surface area contributed by atoms with Crippen molar-refractivity contribution < 1.29 is 9.84 Å². The average molecular weight is 306 g/mol. The molecule has 0 aliphatic carbocycles. The molecule has 1 aliphatic rings. The van der Waals surface area contributed by atoms with Crippen LogP contribution in [0.5, 0.6) is 5.75 Å². The number of ether oxygens (including phenoxy) is 1. The molecular weight excluding hydrogens is 276 g/mol. The maximum atomic E-state index is 9.15. The van der Waals surface area contributed by atoms with Gasteiger partial charge < -0.3 is 19.6 Å². The van der Waals surface area contributed by atoms with Gasteiger partial charge in [0.2, 0.25) is 0 Å². The standard InChI is InChI=1S/C18H30N2O2/c1-13(2)19-12-20(14(3)4)17-11-15(7-8-16(17)19)22-18(5,6)9-10-21/h7-8,11,13-14,21H,9-10,12H2,1-6H3. The minimum atomic E-state index is -0.359. The number of hydrogen-bond donors (Lipinski definition) is 1. The van der Waals surface area contributed by atoms with E-state index in [1.165, 1.54) is 11.4 Å². The van der Waals surface area contributed by atoms with E-state index in [0.717, 1.165) is 12.4 Å². The Balaban J connectivity index is 2.31. The second-order valence-corrected chi connectivity index (χ2v) is 7.25. The number of fused-ring (bicyclic) bond motifs is 1. The predicted molar refractivity (Wildman–Crippen MR) is 92.9 cm³/mol. The molecule has 0 bridgehead atoms. The van der Waals surface area contributed by atoms with Gasteiger partial charge in [0.05, 0.1) is 18.0 Å². The van der Waals surface area contributed by atoms with Crippen molar-refractivity contribution in [2.45, 2.75) is 65.6 Å². The molecular formula is C18H30N2O2. The first-order valence-electron chi connectivity index (χ1n) is 8.22. The zero-order valence-corrected chi connectivity index (χ0v) is 14.8. The van der Waals surface area contributed by atoms with Crippen LogP contribution in [0.25, 0.3) is 0 Å². The van der Waals surface area contributed by atoms with Crippen molar-refractivity contribution in [2.24, 2.45) is 0 Å². The minimum absolute atomic E-state index is 0.136. The molecule has 0 spiro atoms. The minimum Gasteiger partial charge on any atom is -0.488 e. The summed E-state index contributed by atoms with van der Waals surface area (Å²) in [7, 11) is 0. The summed E-state index contributed by atoms with van der Waals surface area (Å²) in [4.78, 5) is 4.82. The molecule has 0 amide bonds. The molecule has 0 unspecified atom stereocenters. The molecule has 0 fully saturated rings. The number of aliphatic hydroxyl groups is 1. The maximum Gasteiger partial charge on any atom is 0.122 e. The van der Waals surface area contributed by atoms with Crippen LogP contribution in [0.3, 0.4) is 0 Å². The summed E-state index contributed by atoms with van der Waals surface area (Å²) in [5.41, 5.74) is 2.15. The Hall–Kier alpha value is -1.42. The zero-order valence-electron chi connectivity index (χ0n) is 14.8. The van der Waals surface area contributed by atoms with Gasteiger partial charge in [-0.2, -0.15) is 0 Å². The lowest BCUT2D eigenvalue weighted by Gasteiger charge is -2.27. The van der Waals surface area contributed by atoms with Crippen molar-refractivity contribution in [1.29, 1.82) is 0 Å². The van der Waals surface area contributed by atoms with Crippen LogP contribution in [0, 0.1) is 0 Å². The Morgan fingerprint density at radius 1 is 1.09 bits per heavy atom. The molecule has 0 saturated carbocycles. The quantitative estimate of drug-likeness (QED) is 0.870. The van der Waals surface area contributed by atoms with Gasteiger partial charge in [-0.05, 0) is 53.7 Å². The fourth-order valence-corrected chi connectivity index (χ4v) is 2.88. The van der Waals surface area contributed by atoms with Gasteiger partial charge in [0.1, 0.15) is 11.4 Å². The van der Waals surface area contributed by atoms with Crippen LogP contribution in [0.2, 0.25) is 0 Å². The summed E-state index contributed by atoms with van der Waals surface area (Å²) < 4.78 is 6.09.